The first kappa shape index (κ1) is 19.9. The van der Waals surface area contributed by atoms with Gasteiger partial charge in [0.05, 0.1) is 23.6 Å². The molecule has 3 saturated carbocycles. The Hall–Kier alpha value is -0.430. The molecule has 0 bridgehead atoms. The van der Waals surface area contributed by atoms with Gasteiger partial charge >= 0.3 is 0 Å². The highest BCUT2D eigenvalue weighted by Crippen LogP contribution is 2.66. The number of aliphatic hydroxyl groups excluding tert-OH is 2. The molecule has 5 nitrogen and oxygen atoms in total. The lowest BCUT2D eigenvalue weighted by atomic mass is 9.47. The Morgan fingerprint density at radius 2 is 2.11 bits per heavy atom. The van der Waals surface area contributed by atoms with Crippen LogP contribution in [0, 0.1) is 28.6 Å². The summed E-state index contributed by atoms with van der Waals surface area (Å²) in [5, 5.41) is 21.5. The normalized spacial score (nSPS) is 51.6. The van der Waals surface area contributed by atoms with Gasteiger partial charge in [0.15, 0.2) is 0 Å². The Kier molecular flexibility index (Phi) is 5.24. The zero-order valence-corrected chi connectivity index (χ0v) is 17.7. The average Bonchev–Trinajstić information content (AvgIpc) is 2.95. The SMILES string of the molecule is CO[C@H]1CC[C@@]2(C)C(=C[C@H](O)C3C4C[C@@H](Br)[C@H](OC=O)[C@@]4(CO)CCC32)C1. The first-order valence-corrected chi connectivity index (χ1v) is 11.1. The molecule has 0 spiro atoms. The molecule has 6 heteroatoms. The van der Waals surface area contributed by atoms with Crippen molar-refractivity contribution in [2.45, 2.75) is 68.6 Å². The van der Waals surface area contributed by atoms with Gasteiger partial charge in [0, 0.05) is 12.5 Å². The Labute approximate surface area is 169 Å². The number of carbonyl (C=O) groups excluding carboxylic acids is 1. The summed E-state index contributed by atoms with van der Waals surface area (Å²) in [4.78, 5) is 11.1. The molecular formula is C21H31BrO5. The van der Waals surface area contributed by atoms with Crippen molar-refractivity contribution in [1.29, 1.82) is 0 Å². The van der Waals surface area contributed by atoms with E-state index in [0.29, 0.717) is 12.4 Å². The second kappa shape index (κ2) is 7.12. The first-order chi connectivity index (χ1) is 12.9. The van der Waals surface area contributed by atoms with Gasteiger partial charge in [-0.3, -0.25) is 4.79 Å². The molecule has 0 aromatic heterocycles. The van der Waals surface area contributed by atoms with Crippen LogP contribution in [-0.4, -0.2) is 53.5 Å². The van der Waals surface area contributed by atoms with Crippen molar-refractivity contribution < 1.29 is 24.5 Å². The topological polar surface area (TPSA) is 76.0 Å². The molecule has 152 valence electrons. The maximum Gasteiger partial charge on any atom is 0.293 e. The molecule has 27 heavy (non-hydrogen) atoms. The molecule has 0 radical (unpaired) electrons. The van der Waals surface area contributed by atoms with Gasteiger partial charge in [0.25, 0.3) is 6.47 Å². The van der Waals surface area contributed by atoms with Crippen molar-refractivity contribution in [2.24, 2.45) is 28.6 Å². The molecule has 2 N–H and O–H groups in total. The van der Waals surface area contributed by atoms with Crippen LogP contribution in [0.1, 0.15) is 45.4 Å². The van der Waals surface area contributed by atoms with E-state index in [1.807, 2.05) is 0 Å². The zero-order valence-electron chi connectivity index (χ0n) is 16.1. The van der Waals surface area contributed by atoms with Gasteiger partial charge in [-0.15, -0.1) is 0 Å². The summed E-state index contributed by atoms with van der Waals surface area (Å²) in [5.74, 6) is 0.629. The molecule has 0 aliphatic heterocycles. The highest BCUT2D eigenvalue weighted by atomic mass is 79.9. The average molecular weight is 443 g/mol. The summed E-state index contributed by atoms with van der Waals surface area (Å²) in [6.07, 6.45) is 7.11. The molecule has 3 unspecified atom stereocenters. The van der Waals surface area contributed by atoms with Gasteiger partial charge in [-0.1, -0.05) is 34.5 Å². The quantitative estimate of drug-likeness (QED) is 0.397. The van der Waals surface area contributed by atoms with Crippen LogP contribution in [0.15, 0.2) is 11.6 Å². The number of rotatable bonds is 4. The van der Waals surface area contributed by atoms with Gasteiger partial charge in [-0.05, 0) is 61.7 Å². The third-order valence-electron chi connectivity index (χ3n) is 8.54. The largest absolute Gasteiger partial charge is 0.463 e. The van der Waals surface area contributed by atoms with Crippen LogP contribution < -0.4 is 0 Å². The van der Waals surface area contributed by atoms with Crippen molar-refractivity contribution >= 4 is 22.4 Å². The number of alkyl halides is 1. The van der Waals surface area contributed by atoms with E-state index in [1.54, 1.807) is 7.11 Å². The molecule has 9 atom stereocenters. The van der Waals surface area contributed by atoms with Crippen LogP contribution in [0.3, 0.4) is 0 Å². The van der Waals surface area contributed by atoms with Crippen molar-refractivity contribution in [3.63, 3.8) is 0 Å². The molecule has 0 heterocycles. The van der Waals surface area contributed by atoms with Gasteiger partial charge in [0.1, 0.15) is 6.10 Å². The first-order valence-electron chi connectivity index (χ1n) is 10.2. The predicted octanol–water partition coefficient (Wildman–Crippen LogP) is 2.82. The molecule has 0 saturated heterocycles. The number of methoxy groups -OCH3 is 1. The number of halogens is 1. The lowest BCUT2D eigenvalue weighted by molar-refractivity contribution is -0.156. The lowest BCUT2D eigenvalue weighted by Gasteiger charge is -2.59. The summed E-state index contributed by atoms with van der Waals surface area (Å²) in [6, 6.07) is 0. The minimum Gasteiger partial charge on any atom is -0.463 e. The van der Waals surface area contributed by atoms with Gasteiger partial charge in [-0.2, -0.15) is 0 Å². The lowest BCUT2D eigenvalue weighted by Crippen LogP contribution is -2.57. The summed E-state index contributed by atoms with van der Waals surface area (Å²) in [5.41, 5.74) is 0.981. The van der Waals surface area contributed by atoms with E-state index in [9.17, 15) is 15.0 Å². The van der Waals surface area contributed by atoms with Crippen LogP contribution in [0.5, 0.6) is 0 Å². The smallest absolute Gasteiger partial charge is 0.293 e. The number of carbonyl (C=O) groups is 1. The molecule has 0 aromatic rings. The summed E-state index contributed by atoms with van der Waals surface area (Å²) in [6.45, 7) is 2.86. The van der Waals surface area contributed by atoms with Crippen LogP contribution >= 0.6 is 15.9 Å². The van der Waals surface area contributed by atoms with E-state index >= 15 is 0 Å². The van der Waals surface area contributed by atoms with E-state index in [1.165, 1.54) is 5.57 Å². The Morgan fingerprint density at radius 3 is 2.78 bits per heavy atom. The monoisotopic (exact) mass is 442 g/mol. The molecule has 4 aliphatic carbocycles. The zero-order chi connectivity index (χ0) is 19.4. The molecule has 4 rings (SSSR count). The second-order valence-corrected chi connectivity index (χ2v) is 10.5. The van der Waals surface area contributed by atoms with Crippen molar-refractivity contribution in [3.05, 3.63) is 11.6 Å². The molecular weight excluding hydrogens is 412 g/mol. The summed E-state index contributed by atoms with van der Waals surface area (Å²) >= 11 is 3.70. The van der Waals surface area contributed by atoms with E-state index in [0.717, 1.165) is 38.5 Å². The molecule has 4 aliphatic rings. The summed E-state index contributed by atoms with van der Waals surface area (Å²) < 4.78 is 11.1. The fourth-order valence-corrected chi connectivity index (χ4v) is 8.18. The number of hydrogen-bond acceptors (Lipinski definition) is 5. The Bertz CT molecular complexity index is 624. The number of aliphatic hydroxyl groups is 2. The second-order valence-electron chi connectivity index (χ2n) is 9.33. The van der Waals surface area contributed by atoms with Crippen LogP contribution in [0.25, 0.3) is 0 Å². The van der Waals surface area contributed by atoms with E-state index < -0.39 is 11.5 Å². The van der Waals surface area contributed by atoms with Crippen molar-refractivity contribution in [3.8, 4) is 0 Å². The Balaban J connectivity index is 1.71. The molecule has 0 aromatic carbocycles. The Morgan fingerprint density at radius 1 is 1.33 bits per heavy atom. The third-order valence-corrected chi connectivity index (χ3v) is 9.40. The van der Waals surface area contributed by atoms with Gasteiger partial charge < -0.3 is 19.7 Å². The highest BCUT2D eigenvalue weighted by Gasteiger charge is 2.65. The molecule has 0 amide bonds. The van der Waals surface area contributed by atoms with Gasteiger partial charge in [-0.25, -0.2) is 0 Å². The van der Waals surface area contributed by atoms with Crippen LogP contribution in [-0.2, 0) is 14.3 Å². The van der Waals surface area contributed by atoms with Gasteiger partial charge in [0.2, 0.25) is 0 Å². The highest BCUT2D eigenvalue weighted by molar-refractivity contribution is 9.09. The number of ether oxygens (including phenoxy) is 2. The predicted molar refractivity (Wildman–Crippen MR) is 104 cm³/mol. The third kappa shape index (κ3) is 2.77. The standard InChI is InChI=1S/C21H31BrO5/c1-20-5-3-13(26-2)7-12(20)8-17(25)18-14(20)4-6-21(10-23)15(18)9-16(22)19(21)27-11-24/h8,11,13-19,23,25H,3-7,9-10H2,1-2H3/t13-,14?,15?,16+,17-,18?,19-,20-,21+/m0/s1. The number of fused-ring (bicyclic) bond motifs is 5. The maximum absolute atomic E-state index is 11.2. The van der Waals surface area contributed by atoms with Crippen LogP contribution in [0.2, 0.25) is 0 Å². The van der Waals surface area contributed by atoms with E-state index in [-0.39, 0.29) is 40.9 Å². The van der Waals surface area contributed by atoms with E-state index in [2.05, 4.69) is 28.9 Å². The summed E-state index contributed by atoms with van der Waals surface area (Å²) in [7, 11) is 1.77. The molecule has 3 fully saturated rings. The maximum atomic E-state index is 11.2. The minimum absolute atomic E-state index is 0.00670. The van der Waals surface area contributed by atoms with Crippen molar-refractivity contribution in [2.75, 3.05) is 13.7 Å². The minimum atomic E-state index is -0.514. The fraction of sp³-hybridized carbons (Fsp3) is 0.857. The fourth-order valence-electron chi connectivity index (χ4n) is 7.13. The van der Waals surface area contributed by atoms with Crippen molar-refractivity contribution in [1.82, 2.24) is 0 Å². The van der Waals surface area contributed by atoms with E-state index in [4.69, 9.17) is 9.47 Å². The number of hydrogen-bond donors (Lipinski definition) is 2. The van der Waals surface area contributed by atoms with Crippen LogP contribution in [0.4, 0.5) is 0 Å².